The van der Waals surface area contributed by atoms with E-state index in [1.165, 1.54) is 6.08 Å². The second kappa shape index (κ2) is 4.91. The molecule has 0 aliphatic rings. The van der Waals surface area contributed by atoms with E-state index in [4.69, 9.17) is 5.26 Å². The fraction of sp³-hybridized carbons (Fsp3) is 0.111. The van der Waals surface area contributed by atoms with Gasteiger partial charge >= 0.3 is 0 Å². The van der Waals surface area contributed by atoms with Crippen LogP contribution >= 0.6 is 0 Å². The van der Waals surface area contributed by atoms with Gasteiger partial charge in [0.2, 0.25) is 12.5 Å². The van der Waals surface area contributed by atoms with Crippen LogP contribution in [0.2, 0.25) is 0 Å². The normalized spacial score (nSPS) is 9.86. The lowest BCUT2D eigenvalue weighted by atomic mass is 10.2. The Morgan fingerprint density at radius 2 is 2.36 bits per heavy atom. The number of rotatable bonds is 3. The molecule has 0 amide bonds. The van der Waals surface area contributed by atoms with Gasteiger partial charge in [0.25, 0.3) is 0 Å². The number of hydrogen-bond donors (Lipinski definition) is 1. The standard InChI is InChI=1S/C9H8N2O3/c1-7-2-3-8(11-6-14-13)4-9(7)10-5-12/h2-4,6,13H,1H3. The predicted molar refractivity (Wildman–Crippen MR) is 50.8 cm³/mol. The number of hydrogen-bond acceptors (Lipinski definition) is 5. The van der Waals surface area contributed by atoms with E-state index in [0.29, 0.717) is 11.4 Å². The maximum absolute atomic E-state index is 10.1. The average Bonchev–Trinajstić information content (AvgIpc) is 2.19. The molecular weight excluding hydrogens is 184 g/mol. The number of isocyanates is 1. The minimum Gasteiger partial charge on any atom is -0.328 e. The van der Waals surface area contributed by atoms with Crippen molar-refractivity contribution in [2.24, 2.45) is 9.98 Å². The Hall–Kier alpha value is -1.97. The summed E-state index contributed by atoms with van der Waals surface area (Å²) in [5.41, 5.74) is 1.86. The quantitative estimate of drug-likeness (QED) is 0.262. The average molecular weight is 192 g/mol. The van der Waals surface area contributed by atoms with Gasteiger partial charge in [-0.15, -0.1) is 0 Å². The highest BCUT2D eigenvalue weighted by atomic mass is 17.1. The van der Waals surface area contributed by atoms with Gasteiger partial charge in [0, 0.05) is 0 Å². The third-order valence-electron chi connectivity index (χ3n) is 1.61. The summed E-state index contributed by atoms with van der Waals surface area (Å²) in [6.07, 6.45) is 2.32. The van der Waals surface area contributed by atoms with Crippen molar-refractivity contribution in [2.45, 2.75) is 6.92 Å². The van der Waals surface area contributed by atoms with Crippen LogP contribution in [0.3, 0.4) is 0 Å². The second-order valence-corrected chi connectivity index (χ2v) is 2.51. The van der Waals surface area contributed by atoms with Crippen LogP contribution in [-0.4, -0.2) is 17.7 Å². The van der Waals surface area contributed by atoms with E-state index in [0.717, 1.165) is 12.0 Å². The minimum atomic E-state index is 0.493. The molecule has 1 aromatic carbocycles. The third kappa shape index (κ3) is 2.52. The maximum atomic E-state index is 10.1. The highest BCUT2D eigenvalue weighted by Crippen LogP contribution is 2.24. The fourth-order valence-electron chi connectivity index (χ4n) is 0.932. The lowest BCUT2D eigenvalue weighted by molar-refractivity contribution is -0.147. The number of carbonyl (C=O) groups excluding carboxylic acids is 1. The zero-order valence-corrected chi connectivity index (χ0v) is 7.47. The molecule has 0 spiro atoms. The number of aryl methyl sites for hydroxylation is 1. The topological polar surface area (TPSA) is 71.2 Å². The van der Waals surface area contributed by atoms with Crippen molar-refractivity contribution in [3.8, 4) is 0 Å². The Bertz CT molecular complexity index is 395. The summed E-state index contributed by atoms with van der Waals surface area (Å²) in [5, 5.41) is 8.02. The van der Waals surface area contributed by atoms with Gasteiger partial charge in [-0.3, -0.25) is 0 Å². The van der Waals surface area contributed by atoms with E-state index < -0.39 is 0 Å². The van der Waals surface area contributed by atoms with Crippen LogP contribution in [0.5, 0.6) is 0 Å². The molecule has 0 heterocycles. The Morgan fingerprint density at radius 3 is 3.00 bits per heavy atom. The van der Waals surface area contributed by atoms with Crippen LogP contribution in [0.4, 0.5) is 11.4 Å². The lowest BCUT2D eigenvalue weighted by Crippen LogP contribution is -1.77. The molecule has 0 unspecified atom stereocenters. The molecule has 0 saturated heterocycles. The zero-order chi connectivity index (χ0) is 10.4. The van der Waals surface area contributed by atoms with Crippen molar-refractivity contribution in [2.75, 3.05) is 0 Å². The zero-order valence-electron chi connectivity index (χ0n) is 7.47. The summed E-state index contributed by atoms with van der Waals surface area (Å²) in [6.45, 7) is 1.81. The summed E-state index contributed by atoms with van der Waals surface area (Å²) in [7, 11) is 0. The molecule has 0 fully saturated rings. The molecule has 1 N–H and O–H groups in total. The molecule has 0 saturated carbocycles. The van der Waals surface area contributed by atoms with Gasteiger partial charge in [-0.05, 0) is 24.6 Å². The van der Waals surface area contributed by atoms with E-state index in [2.05, 4.69) is 14.9 Å². The van der Waals surface area contributed by atoms with Crippen LogP contribution in [0.15, 0.2) is 28.2 Å². The molecule has 0 aliphatic carbocycles. The van der Waals surface area contributed by atoms with Crippen LogP contribution < -0.4 is 0 Å². The first-order valence-corrected chi connectivity index (χ1v) is 3.79. The molecule has 14 heavy (non-hydrogen) atoms. The van der Waals surface area contributed by atoms with Crippen LogP contribution in [-0.2, 0) is 9.68 Å². The monoisotopic (exact) mass is 192 g/mol. The summed E-state index contributed by atoms with van der Waals surface area (Å²) in [4.78, 5) is 20.9. The molecule has 0 atom stereocenters. The van der Waals surface area contributed by atoms with Crippen molar-refractivity contribution >= 4 is 23.9 Å². The van der Waals surface area contributed by atoms with E-state index in [-0.39, 0.29) is 0 Å². The van der Waals surface area contributed by atoms with Gasteiger partial charge in [-0.2, -0.15) is 4.99 Å². The van der Waals surface area contributed by atoms with E-state index in [1.807, 2.05) is 6.92 Å². The SMILES string of the molecule is Cc1ccc(N=COO)cc1N=C=O. The first-order chi connectivity index (χ1) is 6.77. The van der Waals surface area contributed by atoms with Crippen molar-refractivity contribution in [1.82, 2.24) is 0 Å². The van der Waals surface area contributed by atoms with Crippen molar-refractivity contribution in [3.05, 3.63) is 23.8 Å². The Kier molecular flexibility index (Phi) is 3.55. The van der Waals surface area contributed by atoms with E-state index in [1.54, 1.807) is 18.2 Å². The smallest absolute Gasteiger partial charge is 0.240 e. The molecule has 0 bridgehead atoms. The van der Waals surface area contributed by atoms with Gasteiger partial charge in [-0.1, -0.05) is 6.07 Å². The summed E-state index contributed by atoms with van der Waals surface area (Å²) >= 11 is 0. The first kappa shape index (κ1) is 10.1. The van der Waals surface area contributed by atoms with Crippen LogP contribution in [0, 0.1) is 6.92 Å². The maximum Gasteiger partial charge on any atom is 0.240 e. The Balaban J connectivity index is 3.05. The molecule has 1 aromatic rings. The van der Waals surface area contributed by atoms with Crippen molar-refractivity contribution in [3.63, 3.8) is 0 Å². The molecule has 72 valence electrons. The molecule has 0 radical (unpaired) electrons. The molecular formula is C9H8N2O3. The van der Waals surface area contributed by atoms with Gasteiger partial charge < -0.3 is 4.89 Å². The molecule has 0 aliphatic heterocycles. The van der Waals surface area contributed by atoms with E-state index >= 15 is 0 Å². The Morgan fingerprint density at radius 1 is 1.57 bits per heavy atom. The second-order valence-electron chi connectivity index (χ2n) is 2.51. The molecule has 0 aromatic heterocycles. The Labute approximate surface area is 80.3 Å². The number of aliphatic imine (C=N–C) groups is 2. The highest BCUT2D eigenvalue weighted by Gasteiger charge is 1.97. The van der Waals surface area contributed by atoms with Gasteiger partial charge in [0.05, 0.1) is 11.4 Å². The molecule has 1 rings (SSSR count). The van der Waals surface area contributed by atoms with Crippen molar-refractivity contribution in [1.29, 1.82) is 0 Å². The summed E-state index contributed by atoms with van der Waals surface area (Å²) < 4.78 is 0. The summed E-state index contributed by atoms with van der Waals surface area (Å²) in [5.74, 6) is 0. The highest BCUT2D eigenvalue weighted by molar-refractivity contribution is 5.63. The lowest BCUT2D eigenvalue weighted by Gasteiger charge is -1.98. The summed E-state index contributed by atoms with van der Waals surface area (Å²) in [6, 6.07) is 5.03. The molecule has 5 nitrogen and oxygen atoms in total. The van der Waals surface area contributed by atoms with Crippen molar-refractivity contribution < 1.29 is 14.9 Å². The minimum absolute atomic E-state index is 0.493. The molecule has 5 heteroatoms. The largest absolute Gasteiger partial charge is 0.328 e. The van der Waals surface area contributed by atoms with Crippen LogP contribution in [0.1, 0.15) is 5.56 Å². The van der Waals surface area contributed by atoms with E-state index in [9.17, 15) is 4.79 Å². The first-order valence-electron chi connectivity index (χ1n) is 3.79. The number of benzene rings is 1. The predicted octanol–water partition coefficient (Wildman–Crippen LogP) is 2.11. The van der Waals surface area contributed by atoms with Gasteiger partial charge in [0.15, 0.2) is 0 Å². The number of nitrogens with zero attached hydrogens (tertiary/aromatic N) is 2. The van der Waals surface area contributed by atoms with Gasteiger partial charge in [0.1, 0.15) is 0 Å². The fourth-order valence-corrected chi connectivity index (χ4v) is 0.932. The van der Waals surface area contributed by atoms with Gasteiger partial charge in [-0.25, -0.2) is 15.0 Å². The van der Waals surface area contributed by atoms with Crippen LogP contribution in [0.25, 0.3) is 0 Å². The third-order valence-corrected chi connectivity index (χ3v) is 1.61.